The van der Waals surface area contributed by atoms with Gasteiger partial charge in [-0.25, -0.2) is 4.68 Å². The summed E-state index contributed by atoms with van der Waals surface area (Å²) in [5.74, 6) is 1.60. The van der Waals surface area contributed by atoms with Crippen LogP contribution in [-0.4, -0.2) is 63.4 Å². The second-order valence-corrected chi connectivity index (χ2v) is 6.76. The third-order valence-corrected chi connectivity index (χ3v) is 4.84. The summed E-state index contributed by atoms with van der Waals surface area (Å²) in [6, 6.07) is 7.93. The van der Waals surface area contributed by atoms with Crippen molar-refractivity contribution < 1.29 is 14.3 Å². The topological polar surface area (TPSA) is 82.4 Å². The van der Waals surface area contributed by atoms with Crippen LogP contribution < -0.4 is 4.74 Å². The highest BCUT2D eigenvalue weighted by molar-refractivity contribution is 5.76. The molecule has 1 aliphatic rings. The average Bonchev–Trinajstić information content (AvgIpc) is 3.25. The van der Waals surface area contributed by atoms with E-state index in [4.69, 9.17) is 9.47 Å². The number of methoxy groups -OCH3 is 1. The fraction of sp³-hybridized carbons (Fsp3) is 0.556. The summed E-state index contributed by atoms with van der Waals surface area (Å²) in [6.45, 7) is 5.94. The zero-order valence-electron chi connectivity index (χ0n) is 15.5. The number of benzene rings is 1. The van der Waals surface area contributed by atoms with Crippen LogP contribution >= 0.6 is 0 Å². The predicted molar refractivity (Wildman–Crippen MR) is 94.8 cm³/mol. The first-order valence-corrected chi connectivity index (χ1v) is 8.76. The Morgan fingerprint density at radius 3 is 2.88 bits per heavy atom. The zero-order valence-corrected chi connectivity index (χ0v) is 15.5. The molecule has 140 valence electrons. The van der Waals surface area contributed by atoms with E-state index in [2.05, 4.69) is 15.5 Å². The number of nitrogens with zero attached hydrogens (tertiary/aromatic N) is 5. The van der Waals surface area contributed by atoms with Crippen molar-refractivity contribution >= 4 is 5.91 Å². The third-order valence-electron chi connectivity index (χ3n) is 4.84. The van der Waals surface area contributed by atoms with Crippen LogP contribution in [0.2, 0.25) is 0 Å². The molecule has 0 aliphatic carbocycles. The molecule has 3 rings (SSSR count). The lowest BCUT2D eigenvalue weighted by atomic mass is 10.0. The monoisotopic (exact) mass is 359 g/mol. The Balaban J connectivity index is 1.54. The SMILES string of the molecule is CO[C@]1(COc2cccc(C)c2)CCN(C(=O)CCn2nnnc2C)C1. The first-order chi connectivity index (χ1) is 12.5. The number of aromatic nitrogens is 4. The van der Waals surface area contributed by atoms with Crippen LogP contribution in [0, 0.1) is 13.8 Å². The van der Waals surface area contributed by atoms with Gasteiger partial charge >= 0.3 is 0 Å². The maximum Gasteiger partial charge on any atom is 0.224 e. The van der Waals surface area contributed by atoms with E-state index < -0.39 is 5.60 Å². The van der Waals surface area contributed by atoms with E-state index in [1.54, 1.807) is 11.8 Å². The number of aryl methyl sites for hydroxylation is 3. The predicted octanol–water partition coefficient (Wildman–Crippen LogP) is 1.38. The van der Waals surface area contributed by atoms with E-state index in [0.717, 1.165) is 17.7 Å². The smallest absolute Gasteiger partial charge is 0.224 e. The minimum Gasteiger partial charge on any atom is -0.491 e. The second-order valence-electron chi connectivity index (χ2n) is 6.76. The summed E-state index contributed by atoms with van der Waals surface area (Å²) in [6.07, 6.45) is 1.12. The van der Waals surface area contributed by atoms with Crippen molar-refractivity contribution in [2.45, 2.75) is 38.8 Å². The molecule has 1 atom stereocenters. The van der Waals surface area contributed by atoms with E-state index in [-0.39, 0.29) is 5.91 Å². The fourth-order valence-corrected chi connectivity index (χ4v) is 3.14. The molecular weight excluding hydrogens is 334 g/mol. The molecule has 1 amide bonds. The van der Waals surface area contributed by atoms with Crippen molar-refractivity contribution in [1.82, 2.24) is 25.1 Å². The molecule has 0 saturated carbocycles. The van der Waals surface area contributed by atoms with Crippen LogP contribution in [0.3, 0.4) is 0 Å². The van der Waals surface area contributed by atoms with Crippen LogP contribution in [0.25, 0.3) is 0 Å². The lowest BCUT2D eigenvalue weighted by molar-refractivity contribution is -0.132. The van der Waals surface area contributed by atoms with Crippen LogP contribution in [0.1, 0.15) is 24.2 Å². The molecule has 26 heavy (non-hydrogen) atoms. The molecule has 1 aromatic carbocycles. The van der Waals surface area contributed by atoms with E-state index in [1.165, 1.54) is 0 Å². The van der Waals surface area contributed by atoms with E-state index in [0.29, 0.717) is 38.5 Å². The molecule has 0 unspecified atom stereocenters. The standard InChI is InChI=1S/C18H25N5O3/c1-14-5-4-6-16(11-14)26-13-18(25-3)8-10-22(12-18)17(24)7-9-23-15(2)19-20-21-23/h4-6,11H,7-10,12-13H2,1-3H3/t18-/m1/s1. The van der Waals surface area contributed by atoms with Gasteiger partial charge in [0, 0.05) is 20.1 Å². The van der Waals surface area contributed by atoms with Gasteiger partial charge in [-0.3, -0.25) is 4.79 Å². The number of hydrogen-bond acceptors (Lipinski definition) is 6. The molecule has 1 aromatic heterocycles. The number of rotatable bonds is 7. The molecule has 1 saturated heterocycles. The van der Waals surface area contributed by atoms with Gasteiger partial charge in [0.25, 0.3) is 0 Å². The van der Waals surface area contributed by atoms with Gasteiger partial charge in [0.15, 0.2) is 0 Å². The quantitative estimate of drug-likeness (QED) is 0.743. The molecular formula is C18H25N5O3. The number of hydrogen-bond donors (Lipinski definition) is 0. The van der Waals surface area contributed by atoms with Gasteiger partial charge in [-0.05, 0) is 48.4 Å². The molecule has 1 fully saturated rings. The Morgan fingerprint density at radius 2 is 2.19 bits per heavy atom. The Hall–Kier alpha value is -2.48. The third kappa shape index (κ3) is 4.19. The molecule has 8 nitrogen and oxygen atoms in total. The van der Waals surface area contributed by atoms with Gasteiger partial charge in [-0.15, -0.1) is 5.10 Å². The Bertz CT molecular complexity index is 763. The zero-order chi connectivity index (χ0) is 18.6. The Labute approximate surface area is 153 Å². The van der Waals surface area contributed by atoms with Crippen molar-refractivity contribution in [3.05, 3.63) is 35.7 Å². The molecule has 2 heterocycles. The van der Waals surface area contributed by atoms with Crippen LogP contribution in [0.4, 0.5) is 0 Å². The molecule has 2 aromatic rings. The van der Waals surface area contributed by atoms with Crippen LogP contribution in [0.15, 0.2) is 24.3 Å². The minimum absolute atomic E-state index is 0.0781. The maximum atomic E-state index is 12.5. The number of ether oxygens (including phenoxy) is 2. The van der Waals surface area contributed by atoms with E-state index in [1.807, 2.05) is 43.0 Å². The number of carbonyl (C=O) groups is 1. The molecule has 1 aliphatic heterocycles. The number of tetrazole rings is 1. The largest absolute Gasteiger partial charge is 0.491 e. The summed E-state index contributed by atoms with van der Waals surface area (Å²) in [5.41, 5.74) is 0.680. The first-order valence-electron chi connectivity index (χ1n) is 8.76. The number of amides is 1. The highest BCUT2D eigenvalue weighted by Gasteiger charge is 2.41. The summed E-state index contributed by atoms with van der Waals surface area (Å²) >= 11 is 0. The maximum absolute atomic E-state index is 12.5. The van der Waals surface area contributed by atoms with Gasteiger partial charge in [0.1, 0.15) is 23.8 Å². The van der Waals surface area contributed by atoms with Crippen molar-refractivity contribution in [3.63, 3.8) is 0 Å². The summed E-state index contributed by atoms with van der Waals surface area (Å²) < 4.78 is 13.3. The van der Waals surface area contributed by atoms with Gasteiger partial charge in [-0.2, -0.15) is 0 Å². The van der Waals surface area contributed by atoms with E-state index >= 15 is 0 Å². The minimum atomic E-state index is -0.468. The summed E-state index contributed by atoms with van der Waals surface area (Å²) in [7, 11) is 1.68. The molecule has 8 heteroatoms. The Morgan fingerprint density at radius 1 is 1.35 bits per heavy atom. The lowest BCUT2D eigenvalue weighted by Gasteiger charge is -2.28. The highest BCUT2D eigenvalue weighted by atomic mass is 16.5. The van der Waals surface area contributed by atoms with E-state index in [9.17, 15) is 4.79 Å². The molecule has 0 spiro atoms. The van der Waals surface area contributed by atoms with Crippen LogP contribution in [0.5, 0.6) is 5.75 Å². The normalized spacial score (nSPS) is 19.7. The molecule has 0 bridgehead atoms. The van der Waals surface area contributed by atoms with Gasteiger partial charge in [0.05, 0.1) is 13.1 Å². The fourth-order valence-electron chi connectivity index (χ4n) is 3.14. The van der Waals surface area contributed by atoms with Crippen LogP contribution in [-0.2, 0) is 16.1 Å². The van der Waals surface area contributed by atoms with Crippen molar-refractivity contribution in [2.75, 3.05) is 26.8 Å². The number of carbonyl (C=O) groups excluding carboxylic acids is 1. The summed E-state index contributed by atoms with van der Waals surface area (Å²) in [5, 5.41) is 11.3. The second kappa shape index (κ2) is 7.82. The van der Waals surface area contributed by atoms with Crippen molar-refractivity contribution in [3.8, 4) is 5.75 Å². The summed E-state index contributed by atoms with van der Waals surface area (Å²) in [4.78, 5) is 14.4. The Kier molecular flexibility index (Phi) is 5.51. The first kappa shape index (κ1) is 18.3. The van der Waals surface area contributed by atoms with Crippen molar-refractivity contribution in [2.24, 2.45) is 0 Å². The average molecular weight is 359 g/mol. The molecule has 0 radical (unpaired) electrons. The van der Waals surface area contributed by atoms with Gasteiger partial charge in [0.2, 0.25) is 5.91 Å². The highest BCUT2D eigenvalue weighted by Crippen LogP contribution is 2.27. The van der Waals surface area contributed by atoms with Gasteiger partial charge in [-0.1, -0.05) is 12.1 Å². The molecule has 0 N–H and O–H groups in total. The lowest BCUT2D eigenvalue weighted by Crippen LogP contribution is -2.42. The number of likely N-dealkylation sites (tertiary alicyclic amines) is 1. The van der Waals surface area contributed by atoms with Crippen molar-refractivity contribution in [1.29, 1.82) is 0 Å². The van der Waals surface area contributed by atoms with Gasteiger partial charge < -0.3 is 14.4 Å².